The molecule has 2 N–H and O–H groups in total. The molecular formula is C13H17FN2O4S. The molecule has 1 aliphatic rings. The number of carbonyl (C=O) groups is 1. The minimum atomic E-state index is -3.83. The summed E-state index contributed by atoms with van der Waals surface area (Å²) in [7, 11) is -3.83. The Bertz CT molecular complexity index is 627. The molecule has 0 atom stereocenters. The molecule has 0 saturated carbocycles. The molecule has 6 nitrogen and oxygen atoms in total. The second kappa shape index (κ2) is 6.50. The van der Waals surface area contributed by atoms with Crippen LogP contribution in [0.5, 0.6) is 0 Å². The third kappa shape index (κ3) is 3.99. The summed E-state index contributed by atoms with van der Waals surface area (Å²) >= 11 is 0. The van der Waals surface area contributed by atoms with Crippen molar-refractivity contribution in [1.82, 2.24) is 9.62 Å². The van der Waals surface area contributed by atoms with Crippen LogP contribution in [0.3, 0.4) is 0 Å². The SMILES string of the molecule is O=C(O)c1cc(S(=O)(=O)NCCN2CCCC2)ccc1F. The van der Waals surface area contributed by atoms with Gasteiger partial charge in [-0.1, -0.05) is 0 Å². The van der Waals surface area contributed by atoms with E-state index in [1.54, 1.807) is 0 Å². The minimum Gasteiger partial charge on any atom is -0.478 e. The molecular weight excluding hydrogens is 299 g/mol. The summed E-state index contributed by atoms with van der Waals surface area (Å²) in [6, 6.07) is 2.73. The average molecular weight is 316 g/mol. The second-order valence-corrected chi connectivity index (χ2v) is 6.66. The van der Waals surface area contributed by atoms with Gasteiger partial charge in [0.2, 0.25) is 10.0 Å². The van der Waals surface area contributed by atoms with Crippen LogP contribution in [0.25, 0.3) is 0 Å². The van der Waals surface area contributed by atoms with E-state index >= 15 is 0 Å². The van der Waals surface area contributed by atoms with Crippen LogP contribution in [0.1, 0.15) is 23.2 Å². The number of carboxylic acid groups (broad SMARTS) is 1. The average Bonchev–Trinajstić information content (AvgIpc) is 2.91. The summed E-state index contributed by atoms with van der Waals surface area (Å²) in [5.74, 6) is -2.46. The second-order valence-electron chi connectivity index (χ2n) is 4.89. The number of nitrogens with zero attached hydrogens (tertiary/aromatic N) is 1. The van der Waals surface area contributed by atoms with Gasteiger partial charge in [-0.15, -0.1) is 0 Å². The van der Waals surface area contributed by atoms with Gasteiger partial charge in [0.25, 0.3) is 0 Å². The molecule has 1 aromatic rings. The Morgan fingerprint density at radius 2 is 2.00 bits per heavy atom. The highest BCUT2D eigenvalue weighted by atomic mass is 32.2. The van der Waals surface area contributed by atoms with Crippen LogP contribution in [-0.4, -0.2) is 50.6 Å². The number of hydrogen-bond acceptors (Lipinski definition) is 4. The van der Waals surface area contributed by atoms with Crippen molar-refractivity contribution in [2.24, 2.45) is 0 Å². The maximum atomic E-state index is 13.3. The van der Waals surface area contributed by atoms with E-state index in [-0.39, 0.29) is 11.4 Å². The van der Waals surface area contributed by atoms with Crippen molar-refractivity contribution >= 4 is 16.0 Å². The summed E-state index contributed by atoms with van der Waals surface area (Å²) in [6.45, 7) is 2.76. The topological polar surface area (TPSA) is 86.7 Å². The number of benzene rings is 1. The van der Waals surface area contributed by atoms with Gasteiger partial charge < -0.3 is 10.0 Å². The third-order valence-corrected chi connectivity index (χ3v) is 4.86. The molecule has 8 heteroatoms. The third-order valence-electron chi connectivity index (χ3n) is 3.40. The van der Waals surface area contributed by atoms with Gasteiger partial charge in [-0.25, -0.2) is 22.3 Å². The maximum absolute atomic E-state index is 13.3. The Labute approximate surface area is 122 Å². The van der Waals surface area contributed by atoms with E-state index in [1.807, 2.05) is 0 Å². The summed E-state index contributed by atoms with van der Waals surface area (Å²) in [5.41, 5.74) is -0.655. The van der Waals surface area contributed by atoms with Crippen molar-refractivity contribution in [1.29, 1.82) is 0 Å². The number of nitrogens with one attached hydrogen (secondary N) is 1. The summed E-state index contributed by atoms with van der Waals surface area (Å²) in [5, 5.41) is 8.81. The van der Waals surface area contributed by atoms with E-state index in [1.165, 1.54) is 0 Å². The fourth-order valence-electron chi connectivity index (χ4n) is 2.26. The quantitative estimate of drug-likeness (QED) is 0.814. The Balaban J connectivity index is 2.04. The van der Waals surface area contributed by atoms with E-state index in [0.29, 0.717) is 6.54 Å². The molecule has 0 aliphatic carbocycles. The van der Waals surface area contributed by atoms with Crippen LogP contribution in [0.4, 0.5) is 4.39 Å². The lowest BCUT2D eigenvalue weighted by molar-refractivity contribution is 0.0691. The van der Waals surface area contributed by atoms with Gasteiger partial charge >= 0.3 is 5.97 Å². The molecule has 2 rings (SSSR count). The molecule has 1 aliphatic heterocycles. The van der Waals surface area contributed by atoms with Gasteiger partial charge in [-0.3, -0.25) is 0 Å². The van der Waals surface area contributed by atoms with E-state index in [2.05, 4.69) is 9.62 Å². The number of aromatic carboxylic acids is 1. The predicted octanol–water partition coefficient (Wildman–Crippen LogP) is 0.898. The highest BCUT2D eigenvalue weighted by molar-refractivity contribution is 7.89. The first-order valence-electron chi connectivity index (χ1n) is 6.65. The molecule has 116 valence electrons. The van der Waals surface area contributed by atoms with E-state index in [9.17, 15) is 17.6 Å². The lowest BCUT2D eigenvalue weighted by Gasteiger charge is -2.15. The Morgan fingerprint density at radius 1 is 1.33 bits per heavy atom. The zero-order valence-electron chi connectivity index (χ0n) is 11.4. The van der Waals surface area contributed by atoms with Gasteiger partial charge in [0.05, 0.1) is 10.5 Å². The maximum Gasteiger partial charge on any atom is 0.338 e. The highest BCUT2D eigenvalue weighted by Gasteiger charge is 2.19. The first kappa shape index (κ1) is 15.9. The molecule has 1 heterocycles. The van der Waals surface area contributed by atoms with E-state index in [0.717, 1.165) is 44.1 Å². The van der Waals surface area contributed by atoms with Crippen molar-refractivity contribution in [2.75, 3.05) is 26.2 Å². The number of rotatable bonds is 6. The molecule has 21 heavy (non-hydrogen) atoms. The van der Waals surface area contributed by atoms with Gasteiger partial charge in [-0.2, -0.15) is 0 Å². The number of carboxylic acids is 1. The van der Waals surface area contributed by atoms with Crippen LogP contribution in [0, 0.1) is 5.82 Å². The van der Waals surface area contributed by atoms with E-state index in [4.69, 9.17) is 5.11 Å². The predicted molar refractivity (Wildman–Crippen MR) is 74.2 cm³/mol. The molecule has 0 radical (unpaired) electrons. The van der Waals surface area contributed by atoms with Crippen LogP contribution >= 0.6 is 0 Å². The highest BCUT2D eigenvalue weighted by Crippen LogP contribution is 2.15. The first-order chi connectivity index (χ1) is 9.90. The standard InChI is InChI=1S/C13H17FN2O4S/c14-12-4-3-10(9-11(12)13(17)18)21(19,20)15-5-8-16-6-1-2-7-16/h3-4,9,15H,1-2,5-8H2,(H,17,18). The van der Waals surface area contributed by atoms with Gasteiger partial charge in [0, 0.05) is 13.1 Å². The van der Waals surface area contributed by atoms with Crippen LogP contribution in [0.2, 0.25) is 0 Å². The lowest BCUT2D eigenvalue weighted by atomic mass is 10.2. The van der Waals surface area contributed by atoms with Gasteiger partial charge in [0.1, 0.15) is 5.82 Å². The van der Waals surface area contributed by atoms with Gasteiger partial charge in [-0.05, 0) is 44.1 Å². The molecule has 1 aromatic carbocycles. The molecule has 1 saturated heterocycles. The largest absolute Gasteiger partial charge is 0.478 e. The Hall–Kier alpha value is -1.51. The molecule has 0 amide bonds. The fraction of sp³-hybridized carbons (Fsp3) is 0.462. The Kier molecular flexibility index (Phi) is 4.92. The van der Waals surface area contributed by atoms with Crippen molar-refractivity contribution in [2.45, 2.75) is 17.7 Å². The fourth-order valence-corrected chi connectivity index (χ4v) is 3.31. The van der Waals surface area contributed by atoms with Gasteiger partial charge in [0.15, 0.2) is 0 Å². The van der Waals surface area contributed by atoms with Crippen LogP contribution in [0.15, 0.2) is 23.1 Å². The summed E-state index contributed by atoms with van der Waals surface area (Å²) in [6.07, 6.45) is 2.24. The zero-order chi connectivity index (χ0) is 15.5. The summed E-state index contributed by atoms with van der Waals surface area (Å²) in [4.78, 5) is 12.7. The minimum absolute atomic E-state index is 0.238. The number of hydrogen-bond donors (Lipinski definition) is 2. The van der Waals surface area contributed by atoms with Crippen molar-refractivity contribution in [3.63, 3.8) is 0 Å². The number of sulfonamides is 1. The van der Waals surface area contributed by atoms with Crippen molar-refractivity contribution in [3.05, 3.63) is 29.6 Å². The smallest absolute Gasteiger partial charge is 0.338 e. The monoisotopic (exact) mass is 316 g/mol. The molecule has 1 fully saturated rings. The molecule has 0 aromatic heterocycles. The summed E-state index contributed by atoms with van der Waals surface area (Å²) < 4.78 is 39.8. The first-order valence-corrected chi connectivity index (χ1v) is 8.13. The lowest BCUT2D eigenvalue weighted by Crippen LogP contribution is -2.33. The number of halogens is 1. The normalized spacial score (nSPS) is 16.2. The molecule has 0 spiro atoms. The van der Waals surface area contributed by atoms with Crippen LogP contribution in [-0.2, 0) is 10.0 Å². The van der Waals surface area contributed by atoms with Crippen LogP contribution < -0.4 is 4.72 Å². The van der Waals surface area contributed by atoms with Crippen molar-refractivity contribution in [3.8, 4) is 0 Å². The van der Waals surface area contributed by atoms with E-state index < -0.39 is 27.4 Å². The molecule has 0 unspecified atom stereocenters. The molecule has 0 bridgehead atoms. The zero-order valence-corrected chi connectivity index (χ0v) is 12.2. The van der Waals surface area contributed by atoms with Crippen molar-refractivity contribution < 1.29 is 22.7 Å². The Morgan fingerprint density at radius 3 is 2.62 bits per heavy atom. The number of likely N-dealkylation sites (tertiary alicyclic amines) is 1.